The number of likely N-dealkylation sites (tertiary alicyclic amines) is 1. The monoisotopic (exact) mass is 226 g/mol. The lowest BCUT2D eigenvalue weighted by Crippen LogP contribution is -2.29. The minimum Gasteiger partial charge on any atom is -0.319 e. The van der Waals surface area contributed by atoms with Crippen LogP contribution in [0.2, 0.25) is 0 Å². The van der Waals surface area contributed by atoms with Crippen molar-refractivity contribution in [3.05, 3.63) is 0 Å². The minimum absolute atomic E-state index is 0.268. The molecule has 0 aliphatic carbocycles. The van der Waals surface area contributed by atoms with E-state index in [1.807, 2.05) is 11.9 Å². The van der Waals surface area contributed by atoms with Gasteiger partial charge < -0.3 is 10.2 Å². The summed E-state index contributed by atoms with van der Waals surface area (Å²) in [5, 5.41) is 3.07. The molecule has 3 nitrogen and oxygen atoms in total. The zero-order valence-electron chi connectivity index (χ0n) is 8.81. The summed E-state index contributed by atoms with van der Waals surface area (Å²) in [4.78, 5) is 2.01. The highest BCUT2D eigenvalue weighted by Gasteiger charge is 2.29. The fourth-order valence-electron chi connectivity index (χ4n) is 1.86. The standard InChI is InChI=1S/C9H17F3N2O/c1-13-6-8-2-3-14(7-8)4-5-15-9(10,11)12/h8,13H,2-7H2,1H3. The highest BCUT2D eigenvalue weighted by Crippen LogP contribution is 2.18. The Morgan fingerprint density at radius 1 is 1.47 bits per heavy atom. The molecule has 1 aliphatic heterocycles. The summed E-state index contributed by atoms with van der Waals surface area (Å²) in [6, 6.07) is 0. The first-order valence-electron chi connectivity index (χ1n) is 5.09. The molecule has 6 heteroatoms. The van der Waals surface area contributed by atoms with E-state index >= 15 is 0 Å². The molecule has 1 fully saturated rings. The molecule has 0 bridgehead atoms. The third-order valence-corrected chi connectivity index (χ3v) is 2.54. The molecule has 0 radical (unpaired) electrons. The average Bonchev–Trinajstić information content (AvgIpc) is 2.51. The minimum atomic E-state index is -4.50. The molecular formula is C9H17F3N2O. The summed E-state index contributed by atoms with van der Waals surface area (Å²) in [5.41, 5.74) is 0. The highest BCUT2D eigenvalue weighted by molar-refractivity contribution is 4.76. The third kappa shape index (κ3) is 5.34. The lowest BCUT2D eigenvalue weighted by Gasteiger charge is -2.16. The summed E-state index contributed by atoms with van der Waals surface area (Å²) >= 11 is 0. The summed E-state index contributed by atoms with van der Waals surface area (Å²) < 4.78 is 38.8. The molecular weight excluding hydrogens is 209 g/mol. The zero-order valence-corrected chi connectivity index (χ0v) is 8.81. The van der Waals surface area contributed by atoms with Crippen LogP contribution in [0.4, 0.5) is 13.2 Å². The van der Waals surface area contributed by atoms with Crippen molar-refractivity contribution in [1.29, 1.82) is 0 Å². The maximum atomic E-state index is 11.7. The molecule has 0 amide bonds. The first kappa shape index (κ1) is 12.7. The van der Waals surface area contributed by atoms with Crippen LogP contribution in [0.5, 0.6) is 0 Å². The Bertz CT molecular complexity index is 187. The summed E-state index contributed by atoms with van der Waals surface area (Å²) in [5.74, 6) is 0.556. The van der Waals surface area contributed by atoms with Gasteiger partial charge in [0, 0.05) is 13.1 Å². The number of nitrogens with zero attached hydrogens (tertiary/aromatic N) is 1. The Morgan fingerprint density at radius 3 is 2.80 bits per heavy atom. The maximum absolute atomic E-state index is 11.7. The molecule has 15 heavy (non-hydrogen) atoms. The predicted octanol–water partition coefficient (Wildman–Crippen LogP) is 1.06. The second-order valence-electron chi connectivity index (χ2n) is 3.81. The number of halogens is 3. The van der Waals surface area contributed by atoms with Gasteiger partial charge in [0.05, 0.1) is 6.61 Å². The number of hydrogen-bond donors (Lipinski definition) is 1. The molecule has 0 saturated carbocycles. The van der Waals surface area contributed by atoms with E-state index < -0.39 is 6.36 Å². The molecule has 1 N–H and O–H groups in total. The van der Waals surface area contributed by atoms with Gasteiger partial charge in [0.2, 0.25) is 0 Å². The zero-order chi connectivity index (χ0) is 11.3. The van der Waals surface area contributed by atoms with E-state index in [2.05, 4.69) is 10.1 Å². The molecule has 0 spiro atoms. The van der Waals surface area contributed by atoms with Crippen LogP contribution in [0.3, 0.4) is 0 Å². The van der Waals surface area contributed by atoms with Gasteiger partial charge in [-0.3, -0.25) is 4.74 Å². The Kier molecular flexibility index (Phi) is 4.82. The maximum Gasteiger partial charge on any atom is 0.522 e. The molecule has 1 aliphatic rings. The molecule has 1 rings (SSSR count). The topological polar surface area (TPSA) is 24.5 Å². The van der Waals surface area contributed by atoms with Crippen LogP contribution in [-0.2, 0) is 4.74 Å². The van der Waals surface area contributed by atoms with Gasteiger partial charge in [-0.1, -0.05) is 0 Å². The van der Waals surface area contributed by atoms with Crippen molar-refractivity contribution in [1.82, 2.24) is 10.2 Å². The Morgan fingerprint density at radius 2 is 2.20 bits per heavy atom. The lowest BCUT2D eigenvalue weighted by molar-refractivity contribution is -0.324. The molecule has 0 aromatic carbocycles. The van der Waals surface area contributed by atoms with Crippen LogP contribution in [0.15, 0.2) is 0 Å². The van der Waals surface area contributed by atoms with Crippen LogP contribution in [0, 0.1) is 5.92 Å². The molecule has 1 heterocycles. The van der Waals surface area contributed by atoms with E-state index in [9.17, 15) is 13.2 Å². The van der Waals surface area contributed by atoms with Gasteiger partial charge in [0.25, 0.3) is 0 Å². The summed E-state index contributed by atoms with van der Waals surface area (Å²) in [6.45, 7) is 2.75. The lowest BCUT2D eigenvalue weighted by atomic mass is 10.1. The van der Waals surface area contributed by atoms with Crippen LogP contribution < -0.4 is 5.32 Å². The SMILES string of the molecule is CNCC1CCN(CCOC(F)(F)F)C1. The van der Waals surface area contributed by atoms with Crippen LogP contribution >= 0.6 is 0 Å². The van der Waals surface area contributed by atoms with Gasteiger partial charge in [-0.25, -0.2) is 0 Å². The van der Waals surface area contributed by atoms with Gasteiger partial charge in [-0.15, -0.1) is 13.2 Å². The van der Waals surface area contributed by atoms with E-state index in [1.165, 1.54) is 0 Å². The van der Waals surface area contributed by atoms with E-state index in [1.54, 1.807) is 0 Å². The number of alkyl halides is 3. The number of nitrogens with one attached hydrogen (secondary N) is 1. The van der Waals surface area contributed by atoms with Gasteiger partial charge in [-0.2, -0.15) is 0 Å². The van der Waals surface area contributed by atoms with E-state index in [4.69, 9.17) is 0 Å². The predicted molar refractivity (Wildman–Crippen MR) is 50.5 cm³/mol. The van der Waals surface area contributed by atoms with Crippen LogP contribution in [0.25, 0.3) is 0 Å². The molecule has 1 atom stereocenters. The average molecular weight is 226 g/mol. The van der Waals surface area contributed by atoms with E-state index in [0.717, 1.165) is 26.1 Å². The highest BCUT2D eigenvalue weighted by atomic mass is 19.4. The second-order valence-corrected chi connectivity index (χ2v) is 3.81. The van der Waals surface area contributed by atoms with Gasteiger partial charge in [-0.05, 0) is 32.5 Å². The van der Waals surface area contributed by atoms with Crippen molar-refractivity contribution in [3.63, 3.8) is 0 Å². The largest absolute Gasteiger partial charge is 0.522 e. The third-order valence-electron chi connectivity index (χ3n) is 2.54. The first-order chi connectivity index (χ1) is 7.01. The fourth-order valence-corrected chi connectivity index (χ4v) is 1.86. The van der Waals surface area contributed by atoms with Crippen molar-refractivity contribution in [2.45, 2.75) is 12.8 Å². The molecule has 0 aromatic rings. The Labute approximate surface area is 87.6 Å². The van der Waals surface area contributed by atoms with Gasteiger partial charge in [0.15, 0.2) is 0 Å². The first-order valence-corrected chi connectivity index (χ1v) is 5.09. The van der Waals surface area contributed by atoms with E-state index in [-0.39, 0.29) is 6.61 Å². The van der Waals surface area contributed by atoms with Crippen LogP contribution in [0.1, 0.15) is 6.42 Å². The summed E-state index contributed by atoms with van der Waals surface area (Å²) in [7, 11) is 1.88. The van der Waals surface area contributed by atoms with Crippen molar-refractivity contribution in [2.24, 2.45) is 5.92 Å². The van der Waals surface area contributed by atoms with Gasteiger partial charge in [0.1, 0.15) is 0 Å². The molecule has 90 valence electrons. The number of hydrogen-bond acceptors (Lipinski definition) is 3. The smallest absolute Gasteiger partial charge is 0.319 e. The van der Waals surface area contributed by atoms with Crippen molar-refractivity contribution >= 4 is 0 Å². The van der Waals surface area contributed by atoms with Crippen LogP contribution in [-0.4, -0.2) is 51.1 Å². The Hall–Kier alpha value is -0.330. The number of rotatable bonds is 5. The van der Waals surface area contributed by atoms with Crippen molar-refractivity contribution < 1.29 is 17.9 Å². The van der Waals surface area contributed by atoms with E-state index in [0.29, 0.717) is 12.5 Å². The van der Waals surface area contributed by atoms with Crippen molar-refractivity contribution in [2.75, 3.05) is 39.8 Å². The fraction of sp³-hybridized carbons (Fsp3) is 1.00. The molecule has 1 unspecified atom stereocenters. The van der Waals surface area contributed by atoms with Crippen molar-refractivity contribution in [3.8, 4) is 0 Å². The quantitative estimate of drug-likeness (QED) is 0.758. The molecule has 1 saturated heterocycles. The van der Waals surface area contributed by atoms with Gasteiger partial charge >= 0.3 is 6.36 Å². The normalized spacial score (nSPS) is 23.6. The molecule has 0 aromatic heterocycles. The summed E-state index contributed by atoms with van der Waals surface area (Å²) in [6.07, 6.45) is -3.45. The Balaban J connectivity index is 2.09. The number of ether oxygens (including phenoxy) is 1. The second kappa shape index (κ2) is 5.67.